The number of halogens is 1. The SMILES string of the molecule is CCOc1ccc(C(=O)Nc2ccc3c(c2)CCN3)cc1OCC.Cl. The van der Waals surface area contributed by atoms with Gasteiger partial charge in [-0.3, -0.25) is 4.79 Å². The van der Waals surface area contributed by atoms with Crippen molar-refractivity contribution in [2.45, 2.75) is 20.3 Å². The van der Waals surface area contributed by atoms with E-state index in [9.17, 15) is 4.79 Å². The lowest BCUT2D eigenvalue weighted by Crippen LogP contribution is -2.12. The van der Waals surface area contributed by atoms with Crippen molar-refractivity contribution in [1.29, 1.82) is 0 Å². The van der Waals surface area contributed by atoms with Crippen LogP contribution in [0.3, 0.4) is 0 Å². The van der Waals surface area contributed by atoms with Gasteiger partial charge in [0.25, 0.3) is 5.91 Å². The van der Waals surface area contributed by atoms with Crippen LogP contribution in [-0.4, -0.2) is 25.7 Å². The minimum atomic E-state index is -0.162. The first-order valence-corrected chi connectivity index (χ1v) is 8.29. The molecular formula is C19H23ClN2O3. The third-order valence-corrected chi connectivity index (χ3v) is 3.88. The number of amides is 1. The van der Waals surface area contributed by atoms with Crippen molar-refractivity contribution in [3.05, 3.63) is 47.5 Å². The van der Waals surface area contributed by atoms with Crippen molar-refractivity contribution in [3.63, 3.8) is 0 Å². The maximum Gasteiger partial charge on any atom is 0.255 e. The van der Waals surface area contributed by atoms with Gasteiger partial charge in [-0.15, -0.1) is 12.4 Å². The Morgan fingerprint density at radius 3 is 2.60 bits per heavy atom. The molecule has 25 heavy (non-hydrogen) atoms. The van der Waals surface area contributed by atoms with Crippen molar-refractivity contribution < 1.29 is 14.3 Å². The van der Waals surface area contributed by atoms with E-state index in [4.69, 9.17) is 9.47 Å². The van der Waals surface area contributed by atoms with Gasteiger partial charge in [0.2, 0.25) is 0 Å². The fourth-order valence-corrected chi connectivity index (χ4v) is 2.78. The van der Waals surface area contributed by atoms with E-state index in [1.807, 2.05) is 32.0 Å². The fraction of sp³-hybridized carbons (Fsp3) is 0.316. The maximum absolute atomic E-state index is 12.5. The van der Waals surface area contributed by atoms with Crippen LogP contribution >= 0.6 is 12.4 Å². The second kappa shape index (κ2) is 8.62. The average molecular weight is 363 g/mol. The molecule has 2 aromatic rings. The van der Waals surface area contributed by atoms with Gasteiger partial charge >= 0.3 is 0 Å². The molecule has 0 saturated heterocycles. The Morgan fingerprint density at radius 1 is 1.08 bits per heavy atom. The summed E-state index contributed by atoms with van der Waals surface area (Å²) in [5.74, 6) is 1.08. The standard InChI is InChI=1S/C19H22N2O3.ClH/c1-3-23-17-8-5-14(12-18(17)24-4-2)19(22)21-15-6-7-16-13(11-15)9-10-20-16;/h5-8,11-12,20H,3-4,9-10H2,1-2H3,(H,21,22);1H. The van der Waals surface area contributed by atoms with Gasteiger partial charge in [-0.2, -0.15) is 0 Å². The Bertz CT molecular complexity index is 749. The van der Waals surface area contributed by atoms with Crippen molar-refractivity contribution >= 4 is 29.7 Å². The summed E-state index contributed by atoms with van der Waals surface area (Å²) in [6.45, 7) is 5.83. The zero-order chi connectivity index (χ0) is 16.9. The first-order valence-electron chi connectivity index (χ1n) is 8.29. The van der Waals surface area contributed by atoms with Gasteiger partial charge in [-0.1, -0.05) is 0 Å². The quantitative estimate of drug-likeness (QED) is 0.811. The molecule has 0 aliphatic carbocycles. The Hall–Kier alpha value is -2.40. The molecule has 5 nitrogen and oxygen atoms in total. The molecule has 1 heterocycles. The molecule has 2 aromatic carbocycles. The summed E-state index contributed by atoms with van der Waals surface area (Å²) in [6.07, 6.45) is 0.983. The predicted octanol–water partition coefficient (Wildman–Crippen LogP) is 4.13. The third-order valence-electron chi connectivity index (χ3n) is 3.88. The van der Waals surface area contributed by atoms with E-state index in [1.54, 1.807) is 18.2 Å². The Kier molecular flexibility index (Phi) is 6.53. The second-order valence-electron chi connectivity index (χ2n) is 5.53. The summed E-state index contributed by atoms with van der Waals surface area (Å²) >= 11 is 0. The largest absolute Gasteiger partial charge is 0.490 e. The molecule has 0 atom stereocenters. The molecular weight excluding hydrogens is 340 g/mol. The molecule has 1 amide bonds. The summed E-state index contributed by atoms with van der Waals surface area (Å²) in [5, 5.41) is 6.25. The van der Waals surface area contributed by atoms with E-state index in [0.29, 0.717) is 30.3 Å². The Balaban J connectivity index is 0.00000225. The van der Waals surface area contributed by atoms with Gasteiger partial charge in [-0.05, 0) is 62.2 Å². The minimum absolute atomic E-state index is 0. The summed E-state index contributed by atoms with van der Waals surface area (Å²) in [5.41, 5.74) is 3.72. The molecule has 2 N–H and O–H groups in total. The van der Waals surface area contributed by atoms with Gasteiger partial charge in [-0.25, -0.2) is 0 Å². The number of nitrogens with one attached hydrogen (secondary N) is 2. The number of ether oxygens (including phenoxy) is 2. The normalized spacial score (nSPS) is 11.8. The Morgan fingerprint density at radius 2 is 1.84 bits per heavy atom. The molecule has 1 aliphatic heterocycles. The molecule has 0 unspecified atom stereocenters. The van der Waals surface area contributed by atoms with E-state index >= 15 is 0 Å². The maximum atomic E-state index is 12.5. The minimum Gasteiger partial charge on any atom is -0.490 e. The van der Waals surface area contributed by atoms with Crippen molar-refractivity contribution in [2.24, 2.45) is 0 Å². The summed E-state index contributed by atoms with van der Waals surface area (Å²) in [6, 6.07) is 11.2. The number of carbonyl (C=O) groups excluding carboxylic acids is 1. The third kappa shape index (κ3) is 4.37. The van der Waals surface area contributed by atoms with Crippen LogP contribution in [0.15, 0.2) is 36.4 Å². The van der Waals surface area contributed by atoms with E-state index in [-0.39, 0.29) is 18.3 Å². The number of rotatable bonds is 6. The Labute approximate surface area is 154 Å². The number of anilines is 2. The molecule has 0 spiro atoms. The zero-order valence-electron chi connectivity index (χ0n) is 14.4. The van der Waals surface area contributed by atoms with E-state index in [1.165, 1.54) is 5.56 Å². The van der Waals surface area contributed by atoms with Gasteiger partial charge in [0.05, 0.1) is 13.2 Å². The average Bonchev–Trinajstić information content (AvgIpc) is 3.04. The van der Waals surface area contributed by atoms with Crippen LogP contribution in [0.1, 0.15) is 29.8 Å². The number of fused-ring (bicyclic) bond motifs is 1. The molecule has 0 saturated carbocycles. The van der Waals surface area contributed by atoms with Gasteiger partial charge in [0.1, 0.15) is 0 Å². The van der Waals surface area contributed by atoms with E-state index in [0.717, 1.165) is 24.3 Å². The molecule has 134 valence electrons. The monoisotopic (exact) mass is 362 g/mol. The molecule has 6 heteroatoms. The van der Waals surface area contributed by atoms with Gasteiger partial charge < -0.3 is 20.1 Å². The van der Waals surface area contributed by atoms with Crippen LogP contribution in [0.4, 0.5) is 11.4 Å². The van der Waals surface area contributed by atoms with Crippen molar-refractivity contribution in [2.75, 3.05) is 30.4 Å². The van der Waals surface area contributed by atoms with Gasteiger partial charge in [0, 0.05) is 23.5 Å². The van der Waals surface area contributed by atoms with Crippen LogP contribution in [0.25, 0.3) is 0 Å². The zero-order valence-corrected chi connectivity index (χ0v) is 15.2. The lowest BCUT2D eigenvalue weighted by Gasteiger charge is -2.13. The van der Waals surface area contributed by atoms with Crippen LogP contribution < -0.4 is 20.1 Å². The van der Waals surface area contributed by atoms with Crippen molar-refractivity contribution in [3.8, 4) is 11.5 Å². The molecule has 3 rings (SSSR count). The topological polar surface area (TPSA) is 59.6 Å². The highest BCUT2D eigenvalue weighted by atomic mass is 35.5. The summed E-state index contributed by atoms with van der Waals surface area (Å²) in [7, 11) is 0. The predicted molar refractivity (Wildman–Crippen MR) is 103 cm³/mol. The van der Waals surface area contributed by atoms with Crippen molar-refractivity contribution in [1.82, 2.24) is 0 Å². The van der Waals surface area contributed by atoms with Crippen LogP contribution in [0.2, 0.25) is 0 Å². The molecule has 0 bridgehead atoms. The summed E-state index contributed by atoms with van der Waals surface area (Å²) < 4.78 is 11.1. The number of hydrogen-bond acceptors (Lipinski definition) is 4. The number of hydrogen-bond donors (Lipinski definition) is 2. The number of carbonyl (C=O) groups is 1. The van der Waals surface area contributed by atoms with E-state index in [2.05, 4.69) is 10.6 Å². The van der Waals surface area contributed by atoms with Crippen LogP contribution in [0, 0.1) is 0 Å². The van der Waals surface area contributed by atoms with E-state index < -0.39 is 0 Å². The highest BCUT2D eigenvalue weighted by Gasteiger charge is 2.14. The first kappa shape index (κ1) is 18.9. The molecule has 0 radical (unpaired) electrons. The summed E-state index contributed by atoms with van der Waals surface area (Å²) in [4.78, 5) is 12.5. The molecule has 1 aliphatic rings. The molecule has 0 fully saturated rings. The highest BCUT2D eigenvalue weighted by molar-refractivity contribution is 6.04. The van der Waals surface area contributed by atoms with Crippen LogP contribution in [-0.2, 0) is 6.42 Å². The molecule has 0 aromatic heterocycles. The fourth-order valence-electron chi connectivity index (χ4n) is 2.78. The second-order valence-corrected chi connectivity index (χ2v) is 5.53. The lowest BCUT2D eigenvalue weighted by atomic mass is 10.1. The smallest absolute Gasteiger partial charge is 0.255 e. The lowest BCUT2D eigenvalue weighted by molar-refractivity contribution is 0.102. The van der Waals surface area contributed by atoms with Crippen LogP contribution in [0.5, 0.6) is 11.5 Å². The number of benzene rings is 2. The highest BCUT2D eigenvalue weighted by Crippen LogP contribution is 2.29. The van der Waals surface area contributed by atoms with Gasteiger partial charge in [0.15, 0.2) is 11.5 Å². The first-order chi connectivity index (χ1) is 11.7.